The number of Topliss-reactive ketones (excluding diaryl/α,β-unsaturated/α-hetero) is 1. The lowest BCUT2D eigenvalue weighted by molar-refractivity contribution is 0.0979. The van der Waals surface area contributed by atoms with Gasteiger partial charge in [0.05, 0.1) is 11.1 Å². The van der Waals surface area contributed by atoms with Crippen molar-refractivity contribution >= 4 is 83.8 Å². The van der Waals surface area contributed by atoms with Crippen molar-refractivity contribution in [3.8, 4) is 0 Å². The van der Waals surface area contributed by atoms with E-state index in [1.807, 2.05) is 18.7 Å². The van der Waals surface area contributed by atoms with Crippen LogP contribution in [0.1, 0.15) is 55.0 Å². The molecule has 0 bridgehead atoms. The van der Waals surface area contributed by atoms with E-state index in [9.17, 15) is 26.4 Å². The molecular formula is C30H41Cl3N8O6S2. The predicted octanol–water partition coefficient (Wildman–Crippen LogP) is 5.71. The number of sulfonamides is 1. The van der Waals surface area contributed by atoms with E-state index in [1.165, 1.54) is 60.9 Å². The quantitative estimate of drug-likeness (QED) is 0.144. The zero-order valence-electron chi connectivity index (χ0n) is 26.3. The van der Waals surface area contributed by atoms with E-state index in [1.54, 1.807) is 0 Å². The van der Waals surface area contributed by atoms with Gasteiger partial charge in [0.1, 0.15) is 48.5 Å². The lowest BCUT2D eigenvalue weighted by Crippen LogP contribution is -2.41. The first-order valence-corrected chi connectivity index (χ1v) is 18.6. The van der Waals surface area contributed by atoms with Crippen LogP contribution in [0.5, 0.6) is 0 Å². The zero-order chi connectivity index (χ0) is 36.3. The fourth-order valence-corrected chi connectivity index (χ4v) is 8.20. The molecule has 270 valence electrons. The summed E-state index contributed by atoms with van der Waals surface area (Å²) in [5, 5.41) is 0.180. The van der Waals surface area contributed by atoms with E-state index < -0.39 is 37.3 Å². The van der Waals surface area contributed by atoms with Crippen molar-refractivity contribution in [2.24, 2.45) is 5.92 Å². The number of rotatable bonds is 8. The van der Waals surface area contributed by atoms with Crippen LogP contribution in [0, 0.1) is 5.92 Å². The summed E-state index contributed by atoms with van der Waals surface area (Å²) in [6.45, 7) is 6.90. The first kappa shape index (κ1) is 37.7. The van der Waals surface area contributed by atoms with Gasteiger partial charge < -0.3 is 16.4 Å². The van der Waals surface area contributed by atoms with Gasteiger partial charge in [-0.2, -0.15) is 0 Å². The van der Waals surface area contributed by atoms with Gasteiger partial charge in [-0.3, -0.25) is 9.59 Å². The Morgan fingerprint density at radius 1 is 0.898 bits per heavy atom. The first-order valence-electron chi connectivity index (χ1n) is 14.3. The van der Waals surface area contributed by atoms with Crippen LogP contribution in [0.2, 0.25) is 15.5 Å². The molecule has 1 fully saturated rings. The molecule has 1 atom stereocenters. The maximum Gasteiger partial charge on any atom is 0.268 e. The van der Waals surface area contributed by atoms with Gasteiger partial charge in [0, 0.05) is 31.6 Å². The Morgan fingerprint density at radius 3 is 1.98 bits per heavy atom. The molecule has 1 aliphatic rings. The molecule has 0 saturated carbocycles. The van der Waals surface area contributed by atoms with Gasteiger partial charge >= 0.3 is 0 Å². The van der Waals surface area contributed by atoms with Gasteiger partial charge in [0.15, 0.2) is 15.6 Å². The number of sulfone groups is 1. The highest BCUT2D eigenvalue weighted by atomic mass is 35.5. The summed E-state index contributed by atoms with van der Waals surface area (Å²) in [7, 11) is -8.12. The summed E-state index contributed by atoms with van der Waals surface area (Å²) in [5.74, 6) is -1.90. The second-order valence-corrected chi connectivity index (χ2v) is 16.3. The molecule has 49 heavy (non-hydrogen) atoms. The van der Waals surface area contributed by atoms with E-state index in [2.05, 4.69) is 31.6 Å². The van der Waals surface area contributed by atoms with Gasteiger partial charge in [-0.15, -0.1) is 0 Å². The maximum absolute atomic E-state index is 12.9. The number of carbonyl (C=O) groups is 2. The van der Waals surface area contributed by atoms with Crippen LogP contribution in [-0.2, 0) is 19.9 Å². The van der Waals surface area contributed by atoms with Crippen LogP contribution in [0.25, 0.3) is 0 Å². The van der Waals surface area contributed by atoms with Crippen LogP contribution in [0.15, 0.2) is 70.7 Å². The fraction of sp³-hybridized carbons (Fsp3) is 0.267. The van der Waals surface area contributed by atoms with E-state index in [-0.39, 0.29) is 60.7 Å². The largest absolute Gasteiger partial charge is 0.383 e. The maximum atomic E-state index is 12.9. The molecule has 0 aromatic carbocycles. The van der Waals surface area contributed by atoms with Crippen LogP contribution in [0.3, 0.4) is 0 Å². The van der Waals surface area contributed by atoms with Crippen molar-refractivity contribution in [2.45, 2.75) is 42.5 Å². The van der Waals surface area contributed by atoms with Gasteiger partial charge in [-0.1, -0.05) is 41.7 Å². The highest BCUT2D eigenvalue weighted by Crippen LogP contribution is 2.38. The number of halogens is 3. The summed E-state index contributed by atoms with van der Waals surface area (Å²) in [5.41, 5.74) is 11.0. The molecule has 19 heteroatoms. The Morgan fingerprint density at radius 2 is 1.45 bits per heavy atom. The molecule has 5 heterocycles. The van der Waals surface area contributed by atoms with Gasteiger partial charge in [0.2, 0.25) is 0 Å². The summed E-state index contributed by atoms with van der Waals surface area (Å²) in [4.78, 5) is 41.9. The number of carbonyl (C=O) groups excluding carboxylic acids is 2. The number of anilines is 3. The molecule has 0 unspecified atom stereocenters. The van der Waals surface area contributed by atoms with Crippen molar-refractivity contribution in [3.63, 3.8) is 0 Å². The lowest BCUT2D eigenvalue weighted by atomic mass is 9.97. The molecule has 5 rings (SSSR count). The monoisotopic (exact) mass is 778 g/mol. The molecular weight excluding hydrogens is 739 g/mol. The Hall–Kier alpha value is -4.09. The van der Waals surface area contributed by atoms with Crippen LogP contribution >= 0.6 is 34.8 Å². The molecule has 4 aromatic heterocycles. The number of nitrogens with zero attached hydrogens (tertiary/aromatic N) is 5. The molecule has 4 aromatic rings. The number of nitrogens with one attached hydrogen (secondary N) is 1. The number of hydrogen-bond acceptors (Lipinski definition) is 13. The van der Waals surface area contributed by atoms with Crippen LogP contribution in [-0.4, -0.2) is 66.3 Å². The Bertz CT molecular complexity index is 2160. The summed E-state index contributed by atoms with van der Waals surface area (Å²) < 4.78 is 51.6. The second-order valence-electron chi connectivity index (χ2n) is 11.6. The molecule has 1 saturated heterocycles. The van der Waals surface area contributed by atoms with E-state index in [0.717, 1.165) is 6.42 Å². The van der Waals surface area contributed by atoms with Crippen molar-refractivity contribution < 1.29 is 33.6 Å². The van der Waals surface area contributed by atoms with Gasteiger partial charge in [0.25, 0.3) is 15.9 Å². The average molecular weight is 780 g/mol. The Kier molecular flexibility index (Phi) is 11.4. The van der Waals surface area contributed by atoms with Crippen LogP contribution < -0.4 is 21.1 Å². The number of ketones is 1. The number of nitrogen functional groups attached to an aromatic ring is 2. The van der Waals surface area contributed by atoms with Gasteiger partial charge in [-0.25, -0.2) is 41.5 Å². The van der Waals surface area contributed by atoms with E-state index in [4.69, 9.17) is 46.3 Å². The van der Waals surface area contributed by atoms with Crippen LogP contribution in [0.4, 0.5) is 17.5 Å². The third kappa shape index (κ3) is 8.93. The van der Waals surface area contributed by atoms with Crippen molar-refractivity contribution in [1.82, 2.24) is 24.7 Å². The van der Waals surface area contributed by atoms with Crippen molar-refractivity contribution in [3.05, 3.63) is 87.5 Å². The number of pyridine rings is 4. The van der Waals surface area contributed by atoms with E-state index in [0.29, 0.717) is 18.3 Å². The Balaban J connectivity index is 0. The molecule has 1 amide bonds. The third-order valence-electron chi connectivity index (χ3n) is 7.30. The predicted molar refractivity (Wildman–Crippen MR) is 198 cm³/mol. The highest BCUT2D eigenvalue weighted by molar-refractivity contribution is 7.92. The molecule has 5 N–H and O–H groups in total. The molecule has 1 aliphatic heterocycles. The van der Waals surface area contributed by atoms with Gasteiger partial charge in [-0.05, 0) is 74.7 Å². The number of nitrogens with two attached hydrogens (primary N) is 2. The third-order valence-corrected chi connectivity index (χ3v) is 11.0. The SMILES string of the molecule is C[C@@H]1CN(c2nc(Cl)ccc2C(=O)NS(=O)(=O)c2cccnc2N)C(C)(C)C1.Nc1ncccc1S(=O)(=O)CC(=O)c1ccc(Cl)nc1Cl.[HH].[HH].[HH].[HH].[HH]. The summed E-state index contributed by atoms with van der Waals surface area (Å²) in [6, 6.07) is 11.0. The molecule has 0 aliphatic carbocycles. The first-order chi connectivity index (χ1) is 22.8. The molecule has 0 radical (unpaired) electrons. The number of hydrogen-bond donors (Lipinski definition) is 3. The standard InChI is InChI=1S/C18H22ClN5O3S.C12H9Cl2N3O3S.5H2/c1-11-9-18(2,3)24(10-11)16-12(6-7-14(19)22-16)17(25)23-28(26,27)13-5-4-8-21-15(13)20;13-10-4-3-7(11(14)17-10)8(18)6-21(19,20)9-2-1-5-16-12(9)15;;;;;/h4-8,11H,9-10H2,1-3H3,(H2,20,21)(H,23,25);1-5H,6H2,(H2,15,16);5*1H/t11-;;;;;;/m0....../s1. The Labute approximate surface area is 305 Å². The zero-order valence-corrected chi connectivity index (χ0v) is 30.2. The van der Waals surface area contributed by atoms with E-state index >= 15 is 0 Å². The normalized spacial score (nSPS) is 15.6. The molecule has 0 spiro atoms. The second kappa shape index (κ2) is 14.8. The summed E-state index contributed by atoms with van der Waals surface area (Å²) >= 11 is 17.5. The highest BCUT2D eigenvalue weighted by Gasteiger charge is 2.39. The molecule has 14 nitrogen and oxygen atoms in total. The number of amides is 1. The smallest absolute Gasteiger partial charge is 0.268 e. The topological polar surface area (TPSA) is 221 Å². The average Bonchev–Trinajstić information content (AvgIpc) is 3.28. The summed E-state index contributed by atoms with van der Waals surface area (Å²) in [6.07, 6.45) is 3.64. The van der Waals surface area contributed by atoms with Crippen molar-refractivity contribution in [2.75, 3.05) is 28.7 Å². The minimum atomic E-state index is -4.19. The minimum absolute atomic E-state index is 0. The lowest BCUT2D eigenvalue weighted by Gasteiger charge is -2.33. The fourth-order valence-electron chi connectivity index (χ4n) is 5.24. The van der Waals surface area contributed by atoms with Crippen molar-refractivity contribution in [1.29, 1.82) is 0 Å². The minimum Gasteiger partial charge on any atom is -0.383 e. The number of aromatic nitrogens is 4.